The molecule has 0 heterocycles. The Balaban J connectivity index is 3.34. The highest BCUT2D eigenvalue weighted by Crippen LogP contribution is 2.20. The number of amides is 1. The van der Waals surface area contributed by atoms with Crippen molar-refractivity contribution in [3.63, 3.8) is 0 Å². The molecule has 1 amide bonds. The number of ether oxygens (including phenoxy) is 1. The molecule has 3 N–H and O–H groups in total. The molecule has 0 saturated carbocycles. The molecule has 0 fully saturated rings. The number of hydrogen-bond donors (Lipinski definition) is 3. The van der Waals surface area contributed by atoms with Gasteiger partial charge in [0.15, 0.2) is 0 Å². The molecule has 0 aliphatic heterocycles. The van der Waals surface area contributed by atoms with Crippen molar-refractivity contribution in [3.05, 3.63) is 12.2 Å². The molecule has 2 unspecified atom stereocenters. The fraction of sp³-hybridized carbons (Fsp3) is 0.946. The van der Waals surface area contributed by atoms with Gasteiger partial charge in [0.1, 0.15) is 0 Å². The third-order valence-electron chi connectivity index (χ3n) is 17.6. The van der Waals surface area contributed by atoms with Crippen molar-refractivity contribution in [1.82, 2.24) is 5.32 Å². The van der Waals surface area contributed by atoms with Crippen molar-refractivity contribution in [2.75, 3.05) is 13.2 Å². The first kappa shape index (κ1) is 78.6. The Labute approximate surface area is 501 Å². The summed E-state index contributed by atoms with van der Waals surface area (Å²) in [5, 5.41) is 23.2. The van der Waals surface area contributed by atoms with Gasteiger partial charge in [-0.05, 0) is 32.1 Å². The van der Waals surface area contributed by atoms with Gasteiger partial charge in [0.2, 0.25) is 5.91 Å². The van der Waals surface area contributed by atoms with Crippen LogP contribution in [0.5, 0.6) is 0 Å². The van der Waals surface area contributed by atoms with Crippen molar-refractivity contribution < 1.29 is 24.5 Å². The van der Waals surface area contributed by atoms with E-state index in [4.69, 9.17) is 4.74 Å². The van der Waals surface area contributed by atoms with Crippen LogP contribution in [0.25, 0.3) is 0 Å². The number of hydrogen-bond acceptors (Lipinski definition) is 5. The fourth-order valence-corrected chi connectivity index (χ4v) is 11.9. The van der Waals surface area contributed by atoms with Crippen molar-refractivity contribution in [1.29, 1.82) is 0 Å². The van der Waals surface area contributed by atoms with Crippen LogP contribution in [0.4, 0.5) is 0 Å². The topological polar surface area (TPSA) is 95.9 Å². The zero-order chi connectivity index (χ0) is 57.8. The second kappa shape index (κ2) is 70.1. The van der Waals surface area contributed by atoms with Gasteiger partial charge in [-0.1, -0.05) is 392 Å². The lowest BCUT2D eigenvalue weighted by molar-refractivity contribution is -0.143. The maximum atomic E-state index is 12.5. The van der Waals surface area contributed by atoms with Gasteiger partial charge in [-0.25, -0.2) is 0 Å². The summed E-state index contributed by atoms with van der Waals surface area (Å²) in [6, 6.07) is -0.625. The first-order valence-corrected chi connectivity index (χ1v) is 37.0. The van der Waals surface area contributed by atoms with Gasteiger partial charge in [0, 0.05) is 12.8 Å². The van der Waals surface area contributed by atoms with Crippen LogP contribution in [-0.2, 0) is 14.3 Å². The minimum atomic E-state index is -0.841. The third kappa shape index (κ3) is 65.7. The first-order valence-electron chi connectivity index (χ1n) is 37.0. The van der Waals surface area contributed by atoms with Gasteiger partial charge < -0.3 is 20.3 Å². The van der Waals surface area contributed by atoms with Crippen molar-refractivity contribution in [2.45, 2.75) is 437 Å². The van der Waals surface area contributed by atoms with Crippen LogP contribution in [0.2, 0.25) is 0 Å². The van der Waals surface area contributed by atoms with E-state index in [1.165, 1.54) is 360 Å². The maximum Gasteiger partial charge on any atom is 0.305 e. The lowest BCUT2D eigenvalue weighted by Gasteiger charge is -2.20. The minimum absolute atomic E-state index is 0.0238. The molecule has 2 atom stereocenters. The van der Waals surface area contributed by atoms with Crippen LogP contribution in [0.15, 0.2) is 12.2 Å². The largest absolute Gasteiger partial charge is 0.466 e. The van der Waals surface area contributed by atoms with Gasteiger partial charge in [-0.3, -0.25) is 9.59 Å². The zero-order valence-corrected chi connectivity index (χ0v) is 54.6. The van der Waals surface area contributed by atoms with Crippen molar-refractivity contribution in [2.24, 2.45) is 0 Å². The van der Waals surface area contributed by atoms with Gasteiger partial charge >= 0.3 is 5.97 Å². The summed E-state index contributed by atoms with van der Waals surface area (Å²) in [7, 11) is 0. The van der Waals surface area contributed by atoms with E-state index in [9.17, 15) is 19.8 Å². The number of aliphatic hydroxyl groups is 2. The van der Waals surface area contributed by atoms with Crippen LogP contribution < -0.4 is 5.32 Å². The molecule has 476 valence electrons. The standard InChI is InChI=1S/C74H145NO5/c1-3-5-7-9-11-13-15-17-19-20-35-39-42-46-50-54-58-62-66-72(77)71(70-76)75-73(78)67-63-59-55-51-47-43-40-36-33-31-29-27-25-23-21-22-24-26-28-30-32-34-37-41-45-49-53-57-61-65-69-80-74(79)68-64-60-56-52-48-44-38-18-16-14-12-10-8-6-4-2/h62,66,71-72,76-77H,3-61,63-65,67-70H2,1-2H3,(H,75,78)/b66-62+. The predicted molar refractivity (Wildman–Crippen MR) is 352 cm³/mol. The van der Waals surface area contributed by atoms with Crippen LogP contribution in [-0.4, -0.2) is 47.4 Å². The van der Waals surface area contributed by atoms with Gasteiger partial charge in [0.25, 0.3) is 0 Å². The Morgan fingerprint density at radius 3 is 0.850 bits per heavy atom. The van der Waals surface area contributed by atoms with Crippen LogP contribution in [0, 0.1) is 0 Å². The molecular weight excluding hydrogens is 983 g/mol. The fourth-order valence-electron chi connectivity index (χ4n) is 11.9. The molecule has 6 heteroatoms. The molecule has 0 saturated heterocycles. The number of nitrogens with one attached hydrogen (secondary N) is 1. The lowest BCUT2D eigenvalue weighted by Crippen LogP contribution is -2.45. The van der Waals surface area contributed by atoms with E-state index in [-0.39, 0.29) is 18.5 Å². The summed E-state index contributed by atoms with van der Waals surface area (Å²) >= 11 is 0. The Morgan fingerprint density at radius 2 is 0.575 bits per heavy atom. The molecule has 0 aromatic carbocycles. The predicted octanol–water partition coefficient (Wildman–Crippen LogP) is 23.9. The first-order chi connectivity index (χ1) is 39.5. The third-order valence-corrected chi connectivity index (χ3v) is 17.6. The van der Waals surface area contributed by atoms with E-state index in [1.54, 1.807) is 6.08 Å². The van der Waals surface area contributed by atoms with E-state index in [0.29, 0.717) is 19.4 Å². The molecular formula is C74H145NO5. The zero-order valence-electron chi connectivity index (χ0n) is 54.6. The molecule has 0 spiro atoms. The Kier molecular flexibility index (Phi) is 68.9. The van der Waals surface area contributed by atoms with Gasteiger partial charge in [0.05, 0.1) is 25.4 Å². The number of carbonyl (C=O) groups excluding carboxylic acids is 2. The number of aliphatic hydroxyl groups excluding tert-OH is 2. The number of carbonyl (C=O) groups is 2. The van der Waals surface area contributed by atoms with Gasteiger partial charge in [-0.15, -0.1) is 0 Å². The summed E-state index contributed by atoms with van der Waals surface area (Å²) < 4.78 is 5.50. The van der Waals surface area contributed by atoms with Gasteiger partial charge in [-0.2, -0.15) is 0 Å². The number of rotatable bonds is 70. The van der Waals surface area contributed by atoms with E-state index in [0.717, 1.165) is 38.5 Å². The molecule has 6 nitrogen and oxygen atoms in total. The average Bonchev–Trinajstić information content (AvgIpc) is 3.46. The highest BCUT2D eigenvalue weighted by molar-refractivity contribution is 5.76. The number of unbranched alkanes of at least 4 members (excludes halogenated alkanes) is 59. The van der Waals surface area contributed by atoms with Crippen LogP contribution >= 0.6 is 0 Å². The molecule has 80 heavy (non-hydrogen) atoms. The molecule has 0 radical (unpaired) electrons. The second-order valence-corrected chi connectivity index (χ2v) is 25.6. The summed E-state index contributed by atoms with van der Waals surface area (Å²) in [4.78, 5) is 24.6. The molecule has 0 aliphatic carbocycles. The molecule has 0 aromatic heterocycles. The highest BCUT2D eigenvalue weighted by atomic mass is 16.5. The quantitative estimate of drug-likeness (QED) is 0.0320. The lowest BCUT2D eigenvalue weighted by atomic mass is 10.0. The van der Waals surface area contributed by atoms with Crippen LogP contribution in [0.1, 0.15) is 425 Å². The van der Waals surface area contributed by atoms with E-state index in [2.05, 4.69) is 19.2 Å². The Bertz CT molecular complexity index is 1210. The minimum Gasteiger partial charge on any atom is -0.466 e. The maximum absolute atomic E-state index is 12.5. The van der Waals surface area contributed by atoms with E-state index in [1.807, 2.05) is 6.08 Å². The van der Waals surface area contributed by atoms with Crippen molar-refractivity contribution in [3.8, 4) is 0 Å². The average molecular weight is 1130 g/mol. The van der Waals surface area contributed by atoms with E-state index >= 15 is 0 Å². The SMILES string of the molecule is CCCCCCCCCCCCCCCCCC/C=C/C(O)C(CO)NC(=O)CCCCCCCCCCCCCCCCCCCCCCCCCCCCCCCCOC(=O)CCCCCCCCCCCCCCCCC. The Morgan fingerprint density at radius 1 is 0.338 bits per heavy atom. The summed E-state index contributed by atoms with van der Waals surface area (Å²) in [6.45, 7) is 4.96. The number of esters is 1. The van der Waals surface area contributed by atoms with Crippen LogP contribution in [0.3, 0.4) is 0 Å². The summed E-state index contributed by atoms with van der Waals surface area (Å²) in [5.41, 5.74) is 0. The molecule has 0 aliphatic rings. The van der Waals surface area contributed by atoms with Crippen molar-refractivity contribution >= 4 is 11.9 Å². The second-order valence-electron chi connectivity index (χ2n) is 25.6. The Hall–Kier alpha value is -1.40. The smallest absolute Gasteiger partial charge is 0.305 e. The number of allylic oxidation sites excluding steroid dienone is 1. The molecule has 0 aromatic rings. The monoisotopic (exact) mass is 1130 g/mol. The normalized spacial score (nSPS) is 12.5. The molecule has 0 rings (SSSR count). The summed E-state index contributed by atoms with van der Waals surface area (Å²) in [6.07, 6.45) is 87.4. The summed E-state index contributed by atoms with van der Waals surface area (Å²) in [5.74, 6) is -0.0361. The molecule has 0 bridgehead atoms. The van der Waals surface area contributed by atoms with E-state index < -0.39 is 12.1 Å². The highest BCUT2D eigenvalue weighted by Gasteiger charge is 2.18.